The molecule has 1 aromatic rings. The zero-order valence-electron chi connectivity index (χ0n) is 12.6. The second-order valence-corrected chi connectivity index (χ2v) is 5.63. The highest BCUT2D eigenvalue weighted by Crippen LogP contribution is 2.21. The molecule has 0 saturated carbocycles. The van der Waals surface area contributed by atoms with Crippen LogP contribution in [0.4, 0.5) is 0 Å². The van der Waals surface area contributed by atoms with Crippen LogP contribution in [0.5, 0.6) is 0 Å². The van der Waals surface area contributed by atoms with Crippen molar-refractivity contribution in [1.82, 2.24) is 10.2 Å². The molecule has 0 amide bonds. The first-order valence-corrected chi connectivity index (χ1v) is 7.65. The van der Waals surface area contributed by atoms with Crippen LogP contribution in [0, 0.1) is 0 Å². The van der Waals surface area contributed by atoms with Crippen LogP contribution in [0.1, 0.15) is 45.2 Å². The van der Waals surface area contributed by atoms with Gasteiger partial charge < -0.3 is 10.2 Å². The maximum Gasteiger partial charge on any atom is 0.0409 e. The minimum atomic E-state index is 0.384. The van der Waals surface area contributed by atoms with E-state index in [4.69, 9.17) is 11.6 Å². The van der Waals surface area contributed by atoms with Crippen molar-refractivity contribution in [2.45, 2.75) is 45.7 Å². The van der Waals surface area contributed by atoms with E-state index in [0.29, 0.717) is 12.1 Å². The summed E-state index contributed by atoms with van der Waals surface area (Å²) in [6, 6.07) is 9.21. The molecule has 3 heteroatoms. The van der Waals surface area contributed by atoms with Crippen molar-refractivity contribution in [3.63, 3.8) is 0 Å². The van der Waals surface area contributed by atoms with Crippen LogP contribution in [0.25, 0.3) is 0 Å². The Kier molecular flexibility index (Phi) is 7.44. The lowest BCUT2D eigenvalue weighted by Crippen LogP contribution is -2.32. The molecule has 1 rings (SSSR count). The molecular weight excluding hydrogens is 256 g/mol. The zero-order chi connectivity index (χ0) is 14.3. The van der Waals surface area contributed by atoms with E-state index in [2.05, 4.69) is 50.2 Å². The van der Waals surface area contributed by atoms with Gasteiger partial charge >= 0.3 is 0 Å². The average Bonchev–Trinajstić information content (AvgIpc) is 2.42. The van der Waals surface area contributed by atoms with Gasteiger partial charge in [0, 0.05) is 17.1 Å². The van der Waals surface area contributed by atoms with Crippen molar-refractivity contribution >= 4 is 11.6 Å². The van der Waals surface area contributed by atoms with Crippen LogP contribution < -0.4 is 5.32 Å². The van der Waals surface area contributed by atoms with Gasteiger partial charge in [-0.3, -0.25) is 0 Å². The van der Waals surface area contributed by atoms with E-state index < -0.39 is 0 Å². The monoisotopic (exact) mass is 282 g/mol. The van der Waals surface area contributed by atoms with Crippen molar-refractivity contribution in [3.05, 3.63) is 34.9 Å². The van der Waals surface area contributed by atoms with Gasteiger partial charge in [0.15, 0.2) is 0 Å². The third-order valence-corrected chi connectivity index (χ3v) is 4.05. The molecule has 108 valence electrons. The first-order valence-electron chi connectivity index (χ1n) is 7.27. The van der Waals surface area contributed by atoms with Crippen molar-refractivity contribution in [2.75, 3.05) is 20.1 Å². The highest BCUT2D eigenvalue weighted by molar-refractivity contribution is 6.30. The summed E-state index contributed by atoms with van der Waals surface area (Å²) in [5.41, 5.74) is 1.28. The molecule has 19 heavy (non-hydrogen) atoms. The van der Waals surface area contributed by atoms with Gasteiger partial charge in [-0.1, -0.05) is 37.6 Å². The van der Waals surface area contributed by atoms with Gasteiger partial charge in [0.1, 0.15) is 0 Å². The highest BCUT2D eigenvalue weighted by Gasteiger charge is 2.13. The molecule has 0 spiro atoms. The SMILES string of the molecule is CCNC(CCN(C)C(C)CC)c1cccc(Cl)c1. The van der Waals surface area contributed by atoms with Crippen LogP contribution in [0.3, 0.4) is 0 Å². The molecule has 0 aliphatic rings. The summed E-state index contributed by atoms with van der Waals surface area (Å²) in [4.78, 5) is 2.43. The van der Waals surface area contributed by atoms with Crippen LogP contribution in [0.2, 0.25) is 5.02 Å². The number of hydrogen-bond acceptors (Lipinski definition) is 2. The maximum atomic E-state index is 6.09. The Morgan fingerprint density at radius 2 is 2.05 bits per heavy atom. The minimum Gasteiger partial charge on any atom is -0.310 e. The molecule has 2 unspecified atom stereocenters. The quantitative estimate of drug-likeness (QED) is 0.772. The summed E-state index contributed by atoms with van der Waals surface area (Å²) < 4.78 is 0. The number of rotatable bonds is 8. The smallest absolute Gasteiger partial charge is 0.0409 e. The average molecular weight is 283 g/mol. The predicted molar refractivity (Wildman–Crippen MR) is 84.9 cm³/mol. The molecule has 0 aromatic heterocycles. The van der Waals surface area contributed by atoms with E-state index in [9.17, 15) is 0 Å². The first kappa shape index (κ1) is 16.5. The largest absolute Gasteiger partial charge is 0.310 e. The Bertz CT molecular complexity index is 368. The van der Waals surface area contributed by atoms with Crippen LogP contribution in [-0.2, 0) is 0 Å². The number of nitrogens with one attached hydrogen (secondary N) is 1. The van der Waals surface area contributed by atoms with E-state index in [0.717, 1.165) is 24.5 Å². The molecule has 0 aliphatic heterocycles. The van der Waals surface area contributed by atoms with E-state index in [1.165, 1.54) is 12.0 Å². The summed E-state index contributed by atoms with van der Waals surface area (Å²) in [5.74, 6) is 0. The molecule has 0 heterocycles. The molecule has 0 bridgehead atoms. The van der Waals surface area contributed by atoms with Crippen LogP contribution >= 0.6 is 11.6 Å². The maximum absolute atomic E-state index is 6.09. The molecule has 0 saturated heterocycles. The lowest BCUT2D eigenvalue weighted by molar-refractivity contribution is 0.238. The van der Waals surface area contributed by atoms with Gasteiger partial charge in [-0.05, 0) is 57.6 Å². The highest BCUT2D eigenvalue weighted by atomic mass is 35.5. The summed E-state index contributed by atoms with van der Waals surface area (Å²) >= 11 is 6.09. The molecule has 0 fully saturated rings. The predicted octanol–water partition coefficient (Wildman–Crippen LogP) is 4.11. The third kappa shape index (κ3) is 5.52. The second kappa shape index (κ2) is 8.57. The summed E-state index contributed by atoms with van der Waals surface area (Å²) in [6.07, 6.45) is 2.30. The fraction of sp³-hybridized carbons (Fsp3) is 0.625. The fourth-order valence-electron chi connectivity index (χ4n) is 2.22. The van der Waals surface area contributed by atoms with Crippen molar-refractivity contribution < 1.29 is 0 Å². The molecule has 1 N–H and O–H groups in total. The number of hydrogen-bond donors (Lipinski definition) is 1. The van der Waals surface area contributed by atoms with Gasteiger partial charge in [-0.2, -0.15) is 0 Å². The van der Waals surface area contributed by atoms with Gasteiger partial charge in [0.2, 0.25) is 0 Å². The normalized spacial score (nSPS) is 14.6. The van der Waals surface area contributed by atoms with E-state index >= 15 is 0 Å². The van der Waals surface area contributed by atoms with E-state index in [1.54, 1.807) is 0 Å². The molecular formula is C16H27ClN2. The zero-order valence-corrected chi connectivity index (χ0v) is 13.4. The van der Waals surface area contributed by atoms with Gasteiger partial charge in [0.25, 0.3) is 0 Å². The number of halogens is 1. The van der Waals surface area contributed by atoms with Crippen molar-refractivity contribution in [3.8, 4) is 0 Å². The summed E-state index contributed by atoms with van der Waals surface area (Å²) in [6.45, 7) is 8.74. The fourth-order valence-corrected chi connectivity index (χ4v) is 2.42. The minimum absolute atomic E-state index is 0.384. The van der Waals surface area contributed by atoms with Crippen LogP contribution in [0.15, 0.2) is 24.3 Å². The molecule has 0 radical (unpaired) electrons. The lowest BCUT2D eigenvalue weighted by Gasteiger charge is -2.26. The molecule has 1 aromatic carbocycles. The molecule has 2 nitrogen and oxygen atoms in total. The first-order chi connectivity index (χ1) is 9.08. The van der Waals surface area contributed by atoms with Crippen molar-refractivity contribution in [2.24, 2.45) is 0 Å². The van der Waals surface area contributed by atoms with Gasteiger partial charge in [-0.15, -0.1) is 0 Å². The number of nitrogens with zero attached hydrogens (tertiary/aromatic N) is 1. The lowest BCUT2D eigenvalue weighted by atomic mass is 10.0. The summed E-state index contributed by atoms with van der Waals surface area (Å²) in [7, 11) is 2.20. The second-order valence-electron chi connectivity index (χ2n) is 5.19. The Hall–Kier alpha value is -0.570. The van der Waals surface area contributed by atoms with E-state index in [-0.39, 0.29) is 0 Å². The standard InChI is InChI=1S/C16H27ClN2/c1-5-13(3)19(4)11-10-16(18-6-2)14-8-7-9-15(17)12-14/h7-9,12-13,16,18H,5-6,10-11H2,1-4H3. The molecule has 2 atom stereocenters. The topological polar surface area (TPSA) is 15.3 Å². The molecule has 0 aliphatic carbocycles. The number of benzene rings is 1. The van der Waals surface area contributed by atoms with Crippen molar-refractivity contribution in [1.29, 1.82) is 0 Å². The Labute approximate surface area is 123 Å². The Morgan fingerprint density at radius 3 is 2.63 bits per heavy atom. The van der Waals surface area contributed by atoms with Gasteiger partial charge in [-0.25, -0.2) is 0 Å². The Morgan fingerprint density at radius 1 is 1.32 bits per heavy atom. The Balaban J connectivity index is 2.63. The summed E-state index contributed by atoms with van der Waals surface area (Å²) in [5, 5.41) is 4.37. The third-order valence-electron chi connectivity index (χ3n) is 3.82. The van der Waals surface area contributed by atoms with Gasteiger partial charge in [0.05, 0.1) is 0 Å². The van der Waals surface area contributed by atoms with Crippen LogP contribution in [-0.4, -0.2) is 31.1 Å². The van der Waals surface area contributed by atoms with E-state index in [1.807, 2.05) is 12.1 Å².